The summed E-state index contributed by atoms with van der Waals surface area (Å²) in [5, 5.41) is 12.2. The minimum atomic E-state index is -1.00. The van der Waals surface area contributed by atoms with Crippen molar-refractivity contribution in [2.45, 2.75) is 12.8 Å². The maximum Gasteiger partial charge on any atom is 0.341 e. The van der Waals surface area contributed by atoms with E-state index < -0.39 is 5.97 Å². The van der Waals surface area contributed by atoms with Gasteiger partial charge < -0.3 is 15.2 Å². The lowest BCUT2D eigenvalue weighted by Crippen LogP contribution is -2.30. The minimum Gasteiger partial charge on any atom is -0.477 e. The molecule has 0 unspecified atom stereocenters. The third-order valence-electron chi connectivity index (χ3n) is 2.92. The van der Waals surface area contributed by atoms with Gasteiger partial charge >= 0.3 is 5.97 Å². The van der Waals surface area contributed by atoms with Crippen LogP contribution >= 0.6 is 0 Å². The molecule has 5 nitrogen and oxygen atoms in total. The van der Waals surface area contributed by atoms with Gasteiger partial charge in [0.15, 0.2) is 0 Å². The van der Waals surface area contributed by atoms with Crippen LogP contribution in [-0.4, -0.2) is 35.8 Å². The predicted molar refractivity (Wildman–Crippen MR) is 62.3 cm³/mol. The molecule has 1 aromatic rings. The second-order valence-corrected chi connectivity index (χ2v) is 4.17. The molecule has 0 spiro atoms. The summed E-state index contributed by atoms with van der Waals surface area (Å²) in [6.07, 6.45) is 3.68. The number of pyridine rings is 1. The molecular weight excluding hydrogens is 220 g/mol. The summed E-state index contributed by atoms with van der Waals surface area (Å²) in [7, 11) is 0. The number of nitrogens with zero attached hydrogens (tertiary/aromatic N) is 1. The molecule has 0 saturated carbocycles. The van der Waals surface area contributed by atoms with Gasteiger partial charge in [0.2, 0.25) is 5.88 Å². The molecule has 1 fully saturated rings. The first-order valence-electron chi connectivity index (χ1n) is 5.79. The number of carboxylic acids is 1. The van der Waals surface area contributed by atoms with Gasteiger partial charge in [-0.3, -0.25) is 0 Å². The Morgan fingerprint density at radius 1 is 1.53 bits per heavy atom. The molecule has 0 aromatic carbocycles. The normalized spacial score (nSPS) is 16.7. The fourth-order valence-electron chi connectivity index (χ4n) is 1.91. The standard InChI is InChI=1S/C12H16N2O3/c15-12(16)10-2-1-5-14-11(10)17-8-9-3-6-13-7-4-9/h1-2,5,9,13H,3-4,6-8H2,(H,15,16). The van der Waals surface area contributed by atoms with E-state index in [0.717, 1.165) is 25.9 Å². The van der Waals surface area contributed by atoms with Crippen LogP contribution in [0.2, 0.25) is 0 Å². The van der Waals surface area contributed by atoms with Gasteiger partial charge in [-0.2, -0.15) is 0 Å². The Kier molecular flexibility index (Phi) is 3.93. The zero-order valence-corrected chi connectivity index (χ0v) is 9.56. The quantitative estimate of drug-likeness (QED) is 0.820. The van der Waals surface area contributed by atoms with Crippen molar-refractivity contribution in [2.75, 3.05) is 19.7 Å². The van der Waals surface area contributed by atoms with E-state index in [1.54, 1.807) is 12.3 Å². The zero-order chi connectivity index (χ0) is 12.1. The number of carbonyl (C=O) groups is 1. The Hall–Kier alpha value is -1.62. The number of ether oxygens (including phenoxy) is 1. The van der Waals surface area contributed by atoms with Gasteiger partial charge in [0, 0.05) is 6.20 Å². The summed E-state index contributed by atoms with van der Waals surface area (Å²) in [5.41, 5.74) is 0.126. The highest BCUT2D eigenvalue weighted by Gasteiger charge is 2.16. The van der Waals surface area contributed by atoms with Gasteiger partial charge in [-0.05, 0) is 44.0 Å². The fraction of sp³-hybridized carbons (Fsp3) is 0.500. The number of aromatic nitrogens is 1. The number of carboxylic acid groups (broad SMARTS) is 1. The molecule has 1 aliphatic rings. The van der Waals surface area contributed by atoms with Crippen LogP contribution in [0.3, 0.4) is 0 Å². The highest BCUT2D eigenvalue weighted by Crippen LogP contribution is 2.17. The van der Waals surface area contributed by atoms with Crippen LogP contribution in [0.25, 0.3) is 0 Å². The molecule has 2 heterocycles. The lowest BCUT2D eigenvalue weighted by molar-refractivity contribution is 0.0689. The molecule has 0 amide bonds. The lowest BCUT2D eigenvalue weighted by Gasteiger charge is -2.22. The second kappa shape index (κ2) is 5.63. The molecule has 1 saturated heterocycles. The van der Waals surface area contributed by atoms with Gasteiger partial charge in [0.05, 0.1) is 6.61 Å². The molecule has 1 aromatic heterocycles. The second-order valence-electron chi connectivity index (χ2n) is 4.17. The third-order valence-corrected chi connectivity index (χ3v) is 2.92. The maximum absolute atomic E-state index is 10.9. The number of piperidine rings is 1. The molecule has 0 radical (unpaired) electrons. The molecule has 1 aliphatic heterocycles. The van der Waals surface area contributed by atoms with Gasteiger partial charge in [-0.1, -0.05) is 0 Å². The van der Waals surface area contributed by atoms with E-state index in [1.807, 2.05) is 0 Å². The summed E-state index contributed by atoms with van der Waals surface area (Å²) in [6, 6.07) is 3.11. The van der Waals surface area contributed by atoms with Crippen molar-refractivity contribution in [3.05, 3.63) is 23.9 Å². The highest BCUT2D eigenvalue weighted by atomic mass is 16.5. The van der Waals surface area contributed by atoms with Crippen LogP contribution in [0.5, 0.6) is 5.88 Å². The van der Waals surface area contributed by atoms with Crippen LogP contribution in [0.4, 0.5) is 0 Å². The average Bonchev–Trinajstić information content (AvgIpc) is 2.38. The minimum absolute atomic E-state index is 0.126. The van der Waals surface area contributed by atoms with Crippen LogP contribution in [-0.2, 0) is 0 Å². The van der Waals surface area contributed by atoms with Gasteiger partial charge in [-0.15, -0.1) is 0 Å². The van der Waals surface area contributed by atoms with Crippen LogP contribution in [0, 0.1) is 5.92 Å². The van der Waals surface area contributed by atoms with Gasteiger partial charge in [0.25, 0.3) is 0 Å². The van der Waals surface area contributed by atoms with Crippen molar-refractivity contribution in [3.63, 3.8) is 0 Å². The topological polar surface area (TPSA) is 71.5 Å². The number of nitrogens with one attached hydrogen (secondary N) is 1. The van der Waals surface area contributed by atoms with E-state index in [-0.39, 0.29) is 11.4 Å². The summed E-state index contributed by atoms with van der Waals surface area (Å²) >= 11 is 0. The first kappa shape index (κ1) is 11.9. The van der Waals surface area contributed by atoms with Gasteiger partial charge in [-0.25, -0.2) is 9.78 Å². The highest BCUT2D eigenvalue weighted by molar-refractivity contribution is 5.90. The summed E-state index contributed by atoms with van der Waals surface area (Å²) in [4.78, 5) is 14.9. The van der Waals surface area contributed by atoms with Crippen molar-refractivity contribution in [1.82, 2.24) is 10.3 Å². The smallest absolute Gasteiger partial charge is 0.341 e. The zero-order valence-electron chi connectivity index (χ0n) is 9.56. The molecule has 2 N–H and O–H groups in total. The third kappa shape index (κ3) is 3.17. The number of hydrogen-bond acceptors (Lipinski definition) is 4. The Labute approximate surface area is 99.8 Å². The van der Waals surface area contributed by atoms with Crippen LogP contribution in [0.15, 0.2) is 18.3 Å². The van der Waals surface area contributed by atoms with Crippen molar-refractivity contribution in [3.8, 4) is 5.88 Å². The predicted octanol–water partition coefficient (Wildman–Crippen LogP) is 1.16. The largest absolute Gasteiger partial charge is 0.477 e. The molecule has 5 heteroatoms. The van der Waals surface area contributed by atoms with E-state index in [4.69, 9.17) is 9.84 Å². The maximum atomic E-state index is 10.9. The van der Waals surface area contributed by atoms with Gasteiger partial charge in [0.1, 0.15) is 5.56 Å². The SMILES string of the molecule is O=C(O)c1cccnc1OCC1CCNCC1. The Morgan fingerprint density at radius 2 is 2.29 bits per heavy atom. The van der Waals surface area contributed by atoms with E-state index in [2.05, 4.69) is 10.3 Å². The summed E-state index contributed by atoms with van der Waals surface area (Å²) < 4.78 is 5.52. The van der Waals surface area contributed by atoms with Crippen molar-refractivity contribution in [2.24, 2.45) is 5.92 Å². The van der Waals surface area contributed by atoms with E-state index >= 15 is 0 Å². The van der Waals surface area contributed by atoms with Crippen molar-refractivity contribution in [1.29, 1.82) is 0 Å². The Bertz CT molecular complexity index is 389. The van der Waals surface area contributed by atoms with E-state index in [1.165, 1.54) is 6.07 Å². The molecule has 92 valence electrons. The average molecular weight is 236 g/mol. The Balaban J connectivity index is 1.96. The number of hydrogen-bond donors (Lipinski definition) is 2. The van der Waals surface area contributed by atoms with E-state index in [9.17, 15) is 4.79 Å². The molecule has 17 heavy (non-hydrogen) atoms. The molecule has 2 rings (SSSR count). The molecule has 0 aliphatic carbocycles. The van der Waals surface area contributed by atoms with Crippen molar-refractivity contribution < 1.29 is 14.6 Å². The summed E-state index contributed by atoms with van der Waals surface area (Å²) in [5.74, 6) is -0.295. The van der Waals surface area contributed by atoms with Crippen LogP contribution in [0.1, 0.15) is 23.2 Å². The monoisotopic (exact) mass is 236 g/mol. The first-order chi connectivity index (χ1) is 8.27. The lowest BCUT2D eigenvalue weighted by atomic mass is 9.99. The number of aromatic carboxylic acids is 1. The Morgan fingerprint density at radius 3 is 3.00 bits per heavy atom. The summed E-state index contributed by atoms with van der Waals surface area (Å²) in [6.45, 7) is 2.54. The molecular formula is C12H16N2O3. The van der Waals surface area contributed by atoms with E-state index in [0.29, 0.717) is 12.5 Å². The van der Waals surface area contributed by atoms with Crippen LogP contribution < -0.4 is 10.1 Å². The molecule has 0 bridgehead atoms. The fourth-order valence-corrected chi connectivity index (χ4v) is 1.91. The van der Waals surface area contributed by atoms with Crippen molar-refractivity contribution >= 4 is 5.97 Å². The first-order valence-corrected chi connectivity index (χ1v) is 5.79. The number of rotatable bonds is 4. The molecule has 0 atom stereocenters.